The molecule has 0 spiro atoms. The van der Waals surface area contributed by atoms with Gasteiger partial charge >= 0.3 is 0 Å². The molecule has 0 aromatic carbocycles. The van der Waals surface area contributed by atoms with Gasteiger partial charge in [-0.15, -0.1) is 0 Å². The third-order valence-electron chi connectivity index (χ3n) is 4.23. The van der Waals surface area contributed by atoms with E-state index >= 15 is 0 Å². The van der Waals surface area contributed by atoms with Crippen molar-refractivity contribution in [2.24, 2.45) is 0 Å². The molecule has 0 radical (unpaired) electrons. The van der Waals surface area contributed by atoms with Crippen LogP contribution in [0.2, 0.25) is 0 Å². The van der Waals surface area contributed by atoms with Crippen molar-refractivity contribution in [1.29, 1.82) is 0 Å². The maximum Gasteiger partial charge on any atom is 0.257 e. The molecule has 1 saturated heterocycles. The molecule has 122 valence electrons. The Labute approximate surface area is 131 Å². The van der Waals surface area contributed by atoms with E-state index in [0.717, 1.165) is 12.8 Å². The summed E-state index contributed by atoms with van der Waals surface area (Å²) in [7, 11) is -0.200. The highest BCUT2D eigenvalue weighted by Crippen LogP contribution is 2.20. The number of carbonyl (C=O) groups excluding carboxylic acids is 1. The second-order valence-electron chi connectivity index (χ2n) is 5.55. The van der Waals surface area contributed by atoms with Gasteiger partial charge in [-0.3, -0.25) is 9.69 Å². The van der Waals surface area contributed by atoms with Crippen LogP contribution in [0.15, 0.2) is 23.4 Å². The van der Waals surface area contributed by atoms with Crippen LogP contribution in [0.25, 0.3) is 0 Å². The van der Waals surface area contributed by atoms with Gasteiger partial charge in [-0.05, 0) is 46.0 Å². The van der Waals surface area contributed by atoms with E-state index in [1.54, 1.807) is 0 Å². The number of likely N-dealkylation sites (N-methyl/N-ethyl adjacent to an activating group) is 1. The van der Waals surface area contributed by atoms with Gasteiger partial charge in [-0.25, -0.2) is 18.1 Å². The smallest absolute Gasteiger partial charge is 0.257 e. The van der Waals surface area contributed by atoms with Crippen molar-refractivity contribution < 1.29 is 13.2 Å². The minimum Gasteiger partial charge on any atom is -0.350 e. The van der Waals surface area contributed by atoms with Gasteiger partial charge in [0.05, 0.1) is 5.56 Å². The summed E-state index contributed by atoms with van der Waals surface area (Å²) in [5.74, 6) is -0.242. The Kier molecular flexibility index (Phi) is 5.15. The number of sulfonamides is 1. The number of hydrogen-bond donors (Lipinski definition) is 2. The van der Waals surface area contributed by atoms with E-state index in [1.165, 1.54) is 25.4 Å². The zero-order valence-electron chi connectivity index (χ0n) is 13.0. The monoisotopic (exact) mass is 326 g/mol. The standard InChI is InChI=1S/C14H22N4O3S/c1-10-4-6-12(18(10)3)9-17-14(19)11-5-7-13(16-8-11)22(20,21)15-2/h5,7-8,10,12,15H,4,6,9H2,1-3H3,(H,17,19)/t10-,12-/m0/s1. The number of likely N-dealkylation sites (tertiary alicyclic amines) is 1. The van der Waals surface area contributed by atoms with Crippen LogP contribution in [0.4, 0.5) is 0 Å². The molecule has 2 heterocycles. The Morgan fingerprint density at radius 3 is 2.64 bits per heavy atom. The summed E-state index contributed by atoms with van der Waals surface area (Å²) in [5.41, 5.74) is 0.351. The number of amides is 1. The molecular formula is C14H22N4O3S. The predicted octanol–water partition coefficient (Wildman–Crippen LogP) is 0.202. The summed E-state index contributed by atoms with van der Waals surface area (Å²) in [4.78, 5) is 18.2. The molecule has 0 saturated carbocycles. The maximum absolute atomic E-state index is 12.1. The number of rotatable bonds is 5. The second kappa shape index (κ2) is 6.72. The van der Waals surface area contributed by atoms with Crippen LogP contribution in [0.1, 0.15) is 30.1 Å². The molecule has 0 aliphatic carbocycles. The third-order valence-corrected chi connectivity index (χ3v) is 5.56. The molecular weight excluding hydrogens is 304 g/mol. The lowest BCUT2D eigenvalue weighted by molar-refractivity contribution is 0.0940. The zero-order valence-corrected chi connectivity index (χ0v) is 13.9. The largest absolute Gasteiger partial charge is 0.350 e. The summed E-state index contributed by atoms with van der Waals surface area (Å²) >= 11 is 0. The van der Waals surface area contributed by atoms with Crippen molar-refractivity contribution in [3.05, 3.63) is 23.9 Å². The fraction of sp³-hybridized carbons (Fsp3) is 0.571. The van der Waals surface area contributed by atoms with E-state index in [0.29, 0.717) is 24.2 Å². The summed E-state index contributed by atoms with van der Waals surface area (Å²) in [5, 5.41) is 2.78. The van der Waals surface area contributed by atoms with Crippen molar-refractivity contribution in [3.8, 4) is 0 Å². The van der Waals surface area contributed by atoms with Gasteiger partial charge in [0.2, 0.25) is 0 Å². The first-order valence-electron chi connectivity index (χ1n) is 7.25. The van der Waals surface area contributed by atoms with Gasteiger partial charge in [0, 0.05) is 24.8 Å². The minimum absolute atomic E-state index is 0.101. The molecule has 2 N–H and O–H groups in total. The molecule has 0 bridgehead atoms. The van der Waals surface area contributed by atoms with Gasteiger partial charge in [0.25, 0.3) is 15.9 Å². The number of nitrogens with zero attached hydrogens (tertiary/aromatic N) is 2. The Morgan fingerprint density at radius 2 is 2.14 bits per heavy atom. The average molecular weight is 326 g/mol. The quantitative estimate of drug-likeness (QED) is 0.807. The van der Waals surface area contributed by atoms with E-state index in [2.05, 4.69) is 33.9 Å². The fourth-order valence-electron chi connectivity index (χ4n) is 2.54. The lowest BCUT2D eigenvalue weighted by Crippen LogP contribution is -2.40. The molecule has 1 aliphatic rings. The van der Waals surface area contributed by atoms with Crippen LogP contribution < -0.4 is 10.0 Å². The number of carbonyl (C=O) groups is 1. The normalized spacial score (nSPS) is 22.7. The van der Waals surface area contributed by atoms with E-state index in [4.69, 9.17) is 0 Å². The lowest BCUT2D eigenvalue weighted by Gasteiger charge is -2.23. The van der Waals surface area contributed by atoms with Crippen molar-refractivity contribution >= 4 is 15.9 Å². The Hall–Kier alpha value is -1.51. The van der Waals surface area contributed by atoms with Crippen molar-refractivity contribution in [3.63, 3.8) is 0 Å². The Balaban J connectivity index is 1.96. The van der Waals surface area contributed by atoms with E-state index < -0.39 is 10.0 Å². The zero-order chi connectivity index (χ0) is 16.3. The predicted molar refractivity (Wildman–Crippen MR) is 83.1 cm³/mol. The minimum atomic E-state index is -3.58. The van der Waals surface area contributed by atoms with Crippen LogP contribution in [0.5, 0.6) is 0 Å². The fourth-order valence-corrected chi connectivity index (χ4v) is 3.19. The van der Waals surface area contributed by atoms with Crippen molar-refractivity contribution in [2.45, 2.75) is 36.9 Å². The first kappa shape index (κ1) is 16.9. The lowest BCUT2D eigenvalue weighted by atomic mass is 10.2. The van der Waals surface area contributed by atoms with Gasteiger partial charge in [0.1, 0.15) is 0 Å². The molecule has 1 aliphatic heterocycles. The van der Waals surface area contributed by atoms with Crippen LogP contribution in [-0.4, -0.2) is 56.9 Å². The number of nitrogens with one attached hydrogen (secondary N) is 2. The molecule has 7 nitrogen and oxygen atoms in total. The summed E-state index contributed by atoms with van der Waals surface area (Å²) in [6.07, 6.45) is 3.48. The second-order valence-corrected chi connectivity index (χ2v) is 7.38. The number of aromatic nitrogens is 1. The maximum atomic E-state index is 12.1. The summed E-state index contributed by atoms with van der Waals surface area (Å²) in [6.45, 7) is 2.75. The molecule has 2 rings (SSSR count). The Bertz CT molecular complexity index is 630. The van der Waals surface area contributed by atoms with Crippen LogP contribution >= 0.6 is 0 Å². The topological polar surface area (TPSA) is 91.4 Å². The molecule has 8 heteroatoms. The van der Waals surface area contributed by atoms with Crippen LogP contribution in [-0.2, 0) is 10.0 Å². The highest BCUT2D eigenvalue weighted by molar-refractivity contribution is 7.89. The Morgan fingerprint density at radius 1 is 1.41 bits per heavy atom. The molecule has 1 fully saturated rings. The van der Waals surface area contributed by atoms with Crippen molar-refractivity contribution in [2.75, 3.05) is 20.6 Å². The highest BCUT2D eigenvalue weighted by atomic mass is 32.2. The first-order chi connectivity index (χ1) is 10.3. The van der Waals surface area contributed by atoms with Gasteiger partial charge in [-0.1, -0.05) is 0 Å². The average Bonchev–Trinajstić information content (AvgIpc) is 2.84. The van der Waals surface area contributed by atoms with Crippen molar-refractivity contribution in [1.82, 2.24) is 19.9 Å². The summed E-state index contributed by atoms with van der Waals surface area (Å²) < 4.78 is 25.3. The van der Waals surface area contributed by atoms with Gasteiger partial charge in [-0.2, -0.15) is 0 Å². The van der Waals surface area contributed by atoms with E-state index in [9.17, 15) is 13.2 Å². The van der Waals surface area contributed by atoms with Crippen LogP contribution in [0.3, 0.4) is 0 Å². The highest BCUT2D eigenvalue weighted by Gasteiger charge is 2.27. The third kappa shape index (κ3) is 3.63. The SMILES string of the molecule is CNS(=O)(=O)c1ccc(C(=O)NC[C@@H]2CC[C@H](C)N2C)cn1. The summed E-state index contributed by atoms with van der Waals surface area (Å²) in [6, 6.07) is 3.67. The number of hydrogen-bond acceptors (Lipinski definition) is 5. The van der Waals surface area contributed by atoms with E-state index in [-0.39, 0.29) is 10.9 Å². The molecule has 1 amide bonds. The molecule has 22 heavy (non-hydrogen) atoms. The molecule has 1 aromatic rings. The first-order valence-corrected chi connectivity index (χ1v) is 8.73. The van der Waals surface area contributed by atoms with Gasteiger partial charge in [0.15, 0.2) is 5.03 Å². The van der Waals surface area contributed by atoms with E-state index in [1.807, 2.05) is 0 Å². The van der Waals surface area contributed by atoms with Crippen LogP contribution in [0, 0.1) is 0 Å². The number of pyridine rings is 1. The molecule has 1 aromatic heterocycles. The molecule has 0 unspecified atom stereocenters. The van der Waals surface area contributed by atoms with Gasteiger partial charge < -0.3 is 5.32 Å². The molecule has 2 atom stereocenters.